The van der Waals surface area contributed by atoms with E-state index in [0.717, 1.165) is 13.0 Å². The quantitative estimate of drug-likeness (QED) is 0.698. The molecule has 1 saturated heterocycles. The van der Waals surface area contributed by atoms with Crippen LogP contribution in [0, 0.1) is 5.92 Å². The molecule has 1 aliphatic heterocycles. The number of nitrogens with two attached hydrogens (primary N) is 2. The van der Waals surface area contributed by atoms with Gasteiger partial charge in [0.1, 0.15) is 5.82 Å². The van der Waals surface area contributed by atoms with Crippen molar-refractivity contribution in [2.45, 2.75) is 19.4 Å². The van der Waals surface area contributed by atoms with Gasteiger partial charge in [-0.15, -0.1) is 0 Å². The average Bonchev–Trinajstić information content (AvgIpc) is 2.78. The summed E-state index contributed by atoms with van der Waals surface area (Å²) in [5.74, 6) is 0.218. The number of primary amides is 1. The molecule has 0 aromatic carbocycles. The van der Waals surface area contributed by atoms with Crippen molar-refractivity contribution in [3.8, 4) is 0 Å². The van der Waals surface area contributed by atoms with Gasteiger partial charge in [-0.05, 0) is 19.4 Å². The normalized spacial score (nSPS) is 21.0. The van der Waals surface area contributed by atoms with Gasteiger partial charge in [-0.25, -0.2) is 4.98 Å². The predicted molar refractivity (Wildman–Crippen MR) is 69.2 cm³/mol. The van der Waals surface area contributed by atoms with Crippen molar-refractivity contribution < 1.29 is 9.90 Å². The maximum atomic E-state index is 11.4. The van der Waals surface area contributed by atoms with Crippen LogP contribution in [0.4, 0.5) is 11.5 Å². The number of aromatic nitrogens is 1. The maximum absolute atomic E-state index is 11.4. The maximum Gasteiger partial charge on any atom is 0.252 e. The van der Waals surface area contributed by atoms with Gasteiger partial charge in [0, 0.05) is 19.0 Å². The van der Waals surface area contributed by atoms with Gasteiger partial charge in [0.05, 0.1) is 23.6 Å². The number of pyridine rings is 1. The SMILES string of the molecule is CC(O)C1CCN(c2ncc(N)cc2C(N)=O)C1. The average molecular weight is 250 g/mol. The number of anilines is 2. The van der Waals surface area contributed by atoms with Crippen LogP contribution in [0.1, 0.15) is 23.7 Å². The number of aliphatic hydroxyl groups is 1. The number of nitrogen functional groups attached to an aromatic ring is 1. The smallest absolute Gasteiger partial charge is 0.252 e. The van der Waals surface area contributed by atoms with Crippen LogP contribution < -0.4 is 16.4 Å². The highest BCUT2D eigenvalue weighted by Gasteiger charge is 2.28. The lowest BCUT2D eigenvalue weighted by Gasteiger charge is -2.20. The second-order valence-electron chi connectivity index (χ2n) is 4.74. The molecule has 6 heteroatoms. The summed E-state index contributed by atoms with van der Waals surface area (Å²) < 4.78 is 0. The molecule has 1 aliphatic rings. The highest BCUT2D eigenvalue weighted by atomic mass is 16.3. The molecule has 98 valence electrons. The van der Waals surface area contributed by atoms with Crippen LogP contribution in [0.25, 0.3) is 0 Å². The van der Waals surface area contributed by atoms with E-state index in [9.17, 15) is 9.90 Å². The molecule has 5 N–H and O–H groups in total. The Morgan fingerprint density at radius 3 is 2.94 bits per heavy atom. The van der Waals surface area contributed by atoms with Gasteiger partial charge in [-0.1, -0.05) is 0 Å². The Morgan fingerprint density at radius 2 is 2.39 bits per heavy atom. The second-order valence-corrected chi connectivity index (χ2v) is 4.74. The molecule has 0 saturated carbocycles. The summed E-state index contributed by atoms with van der Waals surface area (Å²) in [7, 11) is 0. The number of carbonyl (C=O) groups is 1. The summed E-state index contributed by atoms with van der Waals surface area (Å²) in [4.78, 5) is 17.6. The molecule has 1 aromatic heterocycles. The lowest BCUT2D eigenvalue weighted by molar-refractivity contribution is 0.100. The van der Waals surface area contributed by atoms with Gasteiger partial charge in [-0.2, -0.15) is 0 Å². The fraction of sp³-hybridized carbons (Fsp3) is 0.500. The first-order valence-corrected chi connectivity index (χ1v) is 5.97. The molecule has 1 aromatic rings. The number of rotatable bonds is 3. The fourth-order valence-corrected chi connectivity index (χ4v) is 2.28. The molecule has 0 spiro atoms. The molecule has 2 heterocycles. The summed E-state index contributed by atoms with van der Waals surface area (Å²) in [6.07, 6.45) is 2.03. The van der Waals surface area contributed by atoms with Crippen LogP contribution in [0.2, 0.25) is 0 Å². The minimum atomic E-state index is -0.537. The van der Waals surface area contributed by atoms with Gasteiger partial charge in [0.25, 0.3) is 5.91 Å². The van der Waals surface area contributed by atoms with E-state index >= 15 is 0 Å². The first-order chi connectivity index (χ1) is 8.49. The molecular weight excluding hydrogens is 232 g/mol. The number of aliphatic hydroxyl groups excluding tert-OH is 1. The van der Waals surface area contributed by atoms with Gasteiger partial charge in [-0.3, -0.25) is 4.79 Å². The van der Waals surface area contributed by atoms with Gasteiger partial charge in [0.2, 0.25) is 0 Å². The lowest BCUT2D eigenvalue weighted by Crippen LogP contribution is -2.27. The molecular formula is C12H18N4O2. The number of nitrogens with zero attached hydrogens (tertiary/aromatic N) is 2. The largest absolute Gasteiger partial charge is 0.397 e. The summed E-state index contributed by atoms with van der Waals surface area (Å²) in [6.45, 7) is 3.21. The summed E-state index contributed by atoms with van der Waals surface area (Å²) in [5, 5.41) is 9.58. The van der Waals surface area contributed by atoms with E-state index in [1.807, 2.05) is 4.90 Å². The van der Waals surface area contributed by atoms with E-state index in [1.165, 1.54) is 6.20 Å². The Labute approximate surface area is 106 Å². The Hall–Kier alpha value is -1.82. The van der Waals surface area contributed by atoms with Crippen molar-refractivity contribution in [1.82, 2.24) is 4.98 Å². The lowest BCUT2D eigenvalue weighted by atomic mass is 10.0. The third-order valence-electron chi connectivity index (χ3n) is 3.36. The minimum Gasteiger partial charge on any atom is -0.397 e. The first-order valence-electron chi connectivity index (χ1n) is 5.97. The third kappa shape index (κ3) is 2.38. The van der Waals surface area contributed by atoms with Crippen LogP contribution in [0.15, 0.2) is 12.3 Å². The molecule has 0 aliphatic carbocycles. The van der Waals surface area contributed by atoms with Crippen LogP contribution >= 0.6 is 0 Å². The van der Waals surface area contributed by atoms with Crippen LogP contribution in [-0.4, -0.2) is 35.2 Å². The Kier molecular flexibility index (Phi) is 3.38. The number of hydrogen-bond donors (Lipinski definition) is 3. The van der Waals surface area contributed by atoms with Gasteiger partial charge < -0.3 is 21.5 Å². The van der Waals surface area contributed by atoms with Crippen LogP contribution in [0.3, 0.4) is 0 Å². The highest BCUT2D eigenvalue weighted by Crippen LogP contribution is 2.27. The zero-order valence-electron chi connectivity index (χ0n) is 10.3. The van der Waals surface area contributed by atoms with Crippen molar-refractivity contribution in [3.05, 3.63) is 17.8 Å². The van der Waals surface area contributed by atoms with E-state index in [2.05, 4.69) is 4.98 Å². The van der Waals surface area contributed by atoms with Crippen molar-refractivity contribution in [3.63, 3.8) is 0 Å². The van der Waals surface area contributed by atoms with Crippen molar-refractivity contribution in [2.24, 2.45) is 11.7 Å². The Balaban J connectivity index is 2.27. The van der Waals surface area contributed by atoms with Crippen molar-refractivity contribution in [2.75, 3.05) is 23.7 Å². The fourth-order valence-electron chi connectivity index (χ4n) is 2.28. The zero-order chi connectivity index (χ0) is 13.3. The molecule has 0 bridgehead atoms. The van der Waals surface area contributed by atoms with Crippen molar-refractivity contribution >= 4 is 17.4 Å². The molecule has 18 heavy (non-hydrogen) atoms. The minimum absolute atomic E-state index is 0.199. The number of hydrogen-bond acceptors (Lipinski definition) is 5. The molecule has 2 unspecified atom stereocenters. The van der Waals surface area contributed by atoms with Gasteiger partial charge >= 0.3 is 0 Å². The van der Waals surface area contributed by atoms with E-state index in [-0.39, 0.29) is 12.0 Å². The van der Waals surface area contributed by atoms with E-state index in [4.69, 9.17) is 11.5 Å². The number of amides is 1. The van der Waals surface area contributed by atoms with E-state index in [0.29, 0.717) is 23.6 Å². The van der Waals surface area contributed by atoms with Gasteiger partial charge in [0.15, 0.2) is 0 Å². The topological polar surface area (TPSA) is 105 Å². The third-order valence-corrected chi connectivity index (χ3v) is 3.36. The monoisotopic (exact) mass is 250 g/mol. The Morgan fingerprint density at radius 1 is 1.67 bits per heavy atom. The Bertz CT molecular complexity index is 461. The summed E-state index contributed by atoms with van der Waals surface area (Å²) in [5.41, 5.74) is 11.7. The summed E-state index contributed by atoms with van der Waals surface area (Å²) >= 11 is 0. The van der Waals surface area contributed by atoms with Crippen molar-refractivity contribution in [1.29, 1.82) is 0 Å². The molecule has 1 amide bonds. The predicted octanol–water partition coefficient (Wildman–Crippen LogP) is -0.0302. The van der Waals surface area contributed by atoms with E-state index in [1.54, 1.807) is 13.0 Å². The number of carbonyl (C=O) groups excluding carboxylic acids is 1. The van der Waals surface area contributed by atoms with Crippen LogP contribution in [0.5, 0.6) is 0 Å². The highest BCUT2D eigenvalue weighted by molar-refractivity contribution is 5.98. The molecule has 0 radical (unpaired) electrons. The standard InChI is InChI=1S/C12H18N4O2/c1-7(17)8-2-3-16(6-8)12-10(11(14)18)4-9(13)5-15-12/h4-5,7-8,17H,2-3,6,13H2,1H3,(H2,14,18). The van der Waals surface area contributed by atoms with Crippen LogP contribution in [-0.2, 0) is 0 Å². The second kappa shape index (κ2) is 4.81. The molecule has 6 nitrogen and oxygen atoms in total. The zero-order valence-corrected chi connectivity index (χ0v) is 10.3. The molecule has 2 rings (SSSR count). The molecule has 1 fully saturated rings. The first kappa shape index (κ1) is 12.6. The summed E-state index contributed by atoms with van der Waals surface area (Å²) in [6, 6.07) is 1.54. The molecule has 2 atom stereocenters. The van der Waals surface area contributed by atoms with E-state index < -0.39 is 5.91 Å².